The number of carbonyl (C=O) groups excluding carboxylic acids is 1. The number of benzene rings is 1. The maximum absolute atomic E-state index is 12.3. The summed E-state index contributed by atoms with van der Waals surface area (Å²) in [5.74, 6) is 0.330. The SMILES string of the molecule is C[C@@H]1CNC[C@H]1N1C(=O)c2ccccc2C1O. The monoisotopic (exact) mass is 232 g/mol. The molecule has 2 aliphatic heterocycles. The molecule has 0 aliphatic carbocycles. The Morgan fingerprint density at radius 3 is 2.76 bits per heavy atom. The molecule has 4 heteroatoms. The van der Waals surface area contributed by atoms with Gasteiger partial charge in [-0.3, -0.25) is 4.79 Å². The molecular weight excluding hydrogens is 216 g/mol. The van der Waals surface area contributed by atoms with Crippen molar-refractivity contribution < 1.29 is 9.90 Å². The van der Waals surface area contributed by atoms with Crippen molar-refractivity contribution in [3.8, 4) is 0 Å². The van der Waals surface area contributed by atoms with Crippen LogP contribution in [0.4, 0.5) is 0 Å². The maximum Gasteiger partial charge on any atom is 0.256 e. The zero-order valence-electron chi connectivity index (χ0n) is 9.76. The van der Waals surface area contributed by atoms with Gasteiger partial charge in [-0.15, -0.1) is 0 Å². The fourth-order valence-electron chi connectivity index (χ4n) is 2.82. The van der Waals surface area contributed by atoms with E-state index in [0.29, 0.717) is 11.5 Å². The van der Waals surface area contributed by atoms with E-state index in [9.17, 15) is 9.90 Å². The highest BCUT2D eigenvalue weighted by molar-refractivity contribution is 5.99. The van der Waals surface area contributed by atoms with E-state index in [4.69, 9.17) is 0 Å². The van der Waals surface area contributed by atoms with Gasteiger partial charge < -0.3 is 15.3 Å². The summed E-state index contributed by atoms with van der Waals surface area (Å²) < 4.78 is 0. The first-order valence-corrected chi connectivity index (χ1v) is 6.00. The van der Waals surface area contributed by atoms with Crippen molar-refractivity contribution in [3.63, 3.8) is 0 Å². The van der Waals surface area contributed by atoms with E-state index in [1.54, 1.807) is 11.0 Å². The molecule has 1 aromatic carbocycles. The Balaban J connectivity index is 1.97. The summed E-state index contributed by atoms with van der Waals surface area (Å²) in [6, 6.07) is 7.39. The van der Waals surface area contributed by atoms with Crippen molar-refractivity contribution in [2.45, 2.75) is 19.2 Å². The van der Waals surface area contributed by atoms with Gasteiger partial charge in [-0.25, -0.2) is 0 Å². The number of hydrogen-bond donors (Lipinski definition) is 2. The quantitative estimate of drug-likeness (QED) is 0.751. The van der Waals surface area contributed by atoms with Crippen molar-refractivity contribution in [1.82, 2.24) is 10.2 Å². The van der Waals surface area contributed by atoms with Crippen LogP contribution in [0.1, 0.15) is 29.1 Å². The van der Waals surface area contributed by atoms with Crippen LogP contribution in [0.25, 0.3) is 0 Å². The van der Waals surface area contributed by atoms with E-state index in [1.165, 1.54) is 0 Å². The van der Waals surface area contributed by atoms with E-state index < -0.39 is 6.23 Å². The van der Waals surface area contributed by atoms with Crippen LogP contribution in [-0.4, -0.2) is 35.0 Å². The lowest BCUT2D eigenvalue weighted by Crippen LogP contribution is -2.42. The number of fused-ring (bicyclic) bond motifs is 1. The van der Waals surface area contributed by atoms with Crippen molar-refractivity contribution in [3.05, 3.63) is 35.4 Å². The standard InChI is InChI=1S/C13H16N2O2/c1-8-6-14-7-11(8)15-12(16)9-4-2-3-5-10(9)13(15)17/h2-5,8,11-12,14,16H,6-7H2,1H3/t8-,11-,12?/m1/s1. The minimum atomic E-state index is -0.786. The summed E-state index contributed by atoms with van der Waals surface area (Å²) in [6.45, 7) is 3.77. The molecule has 1 amide bonds. The summed E-state index contributed by atoms with van der Waals surface area (Å²) in [7, 11) is 0. The highest BCUT2D eigenvalue weighted by Gasteiger charge is 2.42. The molecule has 1 aromatic rings. The van der Waals surface area contributed by atoms with Crippen LogP contribution in [-0.2, 0) is 0 Å². The highest BCUT2D eigenvalue weighted by Crippen LogP contribution is 2.35. The van der Waals surface area contributed by atoms with Gasteiger partial charge in [0, 0.05) is 17.7 Å². The van der Waals surface area contributed by atoms with Gasteiger partial charge in [0.2, 0.25) is 0 Å². The molecule has 0 radical (unpaired) electrons. The minimum Gasteiger partial charge on any atom is -0.369 e. The zero-order chi connectivity index (χ0) is 12.0. The van der Waals surface area contributed by atoms with Gasteiger partial charge in [-0.05, 0) is 18.5 Å². The van der Waals surface area contributed by atoms with Crippen LogP contribution in [0.5, 0.6) is 0 Å². The molecule has 1 saturated heterocycles. The van der Waals surface area contributed by atoms with Crippen LogP contribution in [0.3, 0.4) is 0 Å². The van der Waals surface area contributed by atoms with Crippen molar-refractivity contribution in [2.75, 3.05) is 13.1 Å². The maximum atomic E-state index is 12.3. The van der Waals surface area contributed by atoms with Gasteiger partial charge in [0.1, 0.15) is 0 Å². The summed E-state index contributed by atoms with van der Waals surface area (Å²) >= 11 is 0. The molecule has 0 bridgehead atoms. The Labute approximate surface area is 100 Å². The molecule has 3 atom stereocenters. The Morgan fingerprint density at radius 2 is 2.12 bits per heavy atom. The molecule has 0 saturated carbocycles. The lowest BCUT2D eigenvalue weighted by molar-refractivity contribution is -0.00652. The summed E-state index contributed by atoms with van der Waals surface area (Å²) in [6.07, 6.45) is -0.786. The normalized spacial score (nSPS) is 32.0. The molecule has 1 unspecified atom stereocenters. The predicted octanol–water partition coefficient (Wildman–Crippen LogP) is 0.741. The molecule has 0 aromatic heterocycles. The van der Waals surface area contributed by atoms with Crippen LogP contribution in [0.2, 0.25) is 0 Å². The lowest BCUT2D eigenvalue weighted by atomic mass is 10.0. The number of carbonyl (C=O) groups is 1. The van der Waals surface area contributed by atoms with Crippen LogP contribution >= 0.6 is 0 Å². The van der Waals surface area contributed by atoms with Gasteiger partial charge in [0.15, 0.2) is 6.23 Å². The molecular formula is C13H16N2O2. The van der Waals surface area contributed by atoms with Gasteiger partial charge in [-0.1, -0.05) is 25.1 Å². The molecule has 2 aliphatic rings. The first-order chi connectivity index (χ1) is 8.20. The second-order valence-corrected chi connectivity index (χ2v) is 4.88. The highest BCUT2D eigenvalue weighted by atomic mass is 16.3. The van der Waals surface area contributed by atoms with Gasteiger partial charge >= 0.3 is 0 Å². The molecule has 1 fully saturated rings. The van der Waals surface area contributed by atoms with E-state index in [0.717, 1.165) is 18.7 Å². The number of nitrogens with one attached hydrogen (secondary N) is 1. The van der Waals surface area contributed by atoms with Crippen molar-refractivity contribution >= 4 is 5.91 Å². The molecule has 90 valence electrons. The van der Waals surface area contributed by atoms with Crippen molar-refractivity contribution in [1.29, 1.82) is 0 Å². The Morgan fingerprint density at radius 1 is 1.35 bits per heavy atom. The average Bonchev–Trinajstić information content (AvgIpc) is 2.84. The number of aliphatic hydroxyl groups excluding tert-OH is 1. The summed E-state index contributed by atoms with van der Waals surface area (Å²) in [5, 5.41) is 13.5. The topological polar surface area (TPSA) is 52.6 Å². The van der Waals surface area contributed by atoms with Gasteiger partial charge in [0.25, 0.3) is 5.91 Å². The Bertz CT molecular complexity index is 460. The van der Waals surface area contributed by atoms with Crippen LogP contribution < -0.4 is 5.32 Å². The molecule has 3 rings (SSSR count). The van der Waals surface area contributed by atoms with E-state index in [-0.39, 0.29) is 11.9 Å². The third-order valence-corrected chi connectivity index (χ3v) is 3.80. The fraction of sp³-hybridized carbons (Fsp3) is 0.462. The second-order valence-electron chi connectivity index (χ2n) is 4.88. The van der Waals surface area contributed by atoms with E-state index in [2.05, 4.69) is 12.2 Å². The Kier molecular flexibility index (Phi) is 2.42. The van der Waals surface area contributed by atoms with Gasteiger partial charge in [-0.2, -0.15) is 0 Å². The largest absolute Gasteiger partial charge is 0.369 e. The smallest absolute Gasteiger partial charge is 0.256 e. The zero-order valence-corrected chi connectivity index (χ0v) is 9.76. The molecule has 4 nitrogen and oxygen atoms in total. The van der Waals surface area contributed by atoms with Crippen LogP contribution in [0.15, 0.2) is 24.3 Å². The summed E-state index contributed by atoms with van der Waals surface area (Å²) in [4.78, 5) is 13.9. The summed E-state index contributed by atoms with van der Waals surface area (Å²) in [5.41, 5.74) is 1.37. The molecule has 2 N–H and O–H groups in total. The second kappa shape index (κ2) is 3.82. The molecule has 17 heavy (non-hydrogen) atoms. The fourth-order valence-corrected chi connectivity index (χ4v) is 2.82. The molecule has 0 spiro atoms. The van der Waals surface area contributed by atoms with E-state index >= 15 is 0 Å². The first kappa shape index (κ1) is 10.7. The lowest BCUT2D eigenvalue weighted by Gasteiger charge is -2.30. The number of amides is 1. The predicted molar refractivity (Wildman–Crippen MR) is 63.4 cm³/mol. The third kappa shape index (κ3) is 1.48. The number of nitrogens with zero attached hydrogens (tertiary/aromatic N) is 1. The molecule has 2 heterocycles. The third-order valence-electron chi connectivity index (χ3n) is 3.80. The number of rotatable bonds is 1. The van der Waals surface area contributed by atoms with Crippen molar-refractivity contribution in [2.24, 2.45) is 5.92 Å². The van der Waals surface area contributed by atoms with Crippen LogP contribution in [0, 0.1) is 5.92 Å². The average molecular weight is 232 g/mol. The number of aliphatic hydroxyl groups is 1. The number of hydrogen-bond acceptors (Lipinski definition) is 3. The van der Waals surface area contributed by atoms with Gasteiger partial charge in [0.05, 0.1) is 6.04 Å². The Hall–Kier alpha value is -1.39. The van der Waals surface area contributed by atoms with E-state index in [1.807, 2.05) is 18.2 Å². The first-order valence-electron chi connectivity index (χ1n) is 6.00. The minimum absolute atomic E-state index is 0.0475.